The highest BCUT2D eigenvalue weighted by Crippen LogP contribution is 2.31. The maximum atomic E-state index is 13.3. The maximum Gasteiger partial charge on any atom is 0.268 e. The lowest BCUT2D eigenvalue weighted by Gasteiger charge is -2.05. The first-order valence-corrected chi connectivity index (χ1v) is 6.94. The number of amides is 1. The van der Waals surface area contributed by atoms with Gasteiger partial charge >= 0.3 is 0 Å². The van der Waals surface area contributed by atoms with E-state index >= 15 is 0 Å². The van der Waals surface area contributed by atoms with Gasteiger partial charge in [-0.3, -0.25) is 4.79 Å². The van der Waals surface area contributed by atoms with Crippen molar-refractivity contribution in [1.29, 1.82) is 0 Å². The molecule has 0 aliphatic carbocycles. The molecule has 0 bridgehead atoms. The number of thiophene rings is 1. The molecule has 0 aliphatic heterocycles. The van der Waals surface area contributed by atoms with Gasteiger partial charge in [-0.2, -0.15) is 0 Å². The van der Waals surface area contributed by atoms with Gasteiger partial charge in [-0.15, -0.1) is 11.3 Å². The Morgan fingerprint density at radius 2 is 2.05 bits per heavy atom. The number of hydrogen-bond donors (Lipinski definition) is 2. The van der Waals surface area contributed by atoms with Crippen LogP contribution in [0.5, 0.6) is 0 Å². The summed E-state index contributed by atoms with van der Waals surface area (Å²) in [5.41, 5.74) is 7.82. The predicted octanol–water partition coefficient (Wildman–Crippen LogP) is 2.97. The first-order chi connectivity index (χ1) is 10.0. The molecule has 0 saturated heterocycles. The quantitative estimate of drug-likeness (QED) is 0.762. The van der Waals surface area contributed by atoms with Gasteiger partial charge in [0.15, 0.2) is 0 Å². The molecular weight excluding hydrogens is 291 g/mol. The highest BCUT2D eigenvalue weighted by atomic mass is 32.1. The molecule has 106 valence electrons. The van der Waals surface area contributed by atoms with E-state index in [2.05, 4.69) is 15.3 Å². The van der Waals surface area contributed by atoms with Gasteiger partial charge in [0.2, 0.25) is 0 Å². The van der Waals surface area contributed by atoms with Crippen molar-refractivity contribution >= 4 is 39.0 Å². The normalized spacial score (nSPS) is 10.8. The van der Waals surface area contributed by atoms with Gasteiger partial charge in [-0.05, 0) is 30.7 Å². The minimum Gasteiger partial charge on any atom is -0.396 e. The van der Waals surface area contributed by atoms with Crippen molar-refractivity contribution < 1.29 is 9.18 Å². The lowest BCUT2D eigenvalue weighted by molar-refractivity contribution is 0.103. The zero-order valence-electron chi connectivity index (χ0n) is 11.1. The number of hydrogen-bond acceptors (Lipinski definition) is 5. The Morgan fingerprint density at radius 3 is 2.76 bits per heavy atom. The number of carbonyl (C=O) groups is 1. The molecule has 0 saturated carbocycles. The number of nitrogens with one attached hydrogen (secondary N) is 1. The van der Waals surface area contributed by atoms with Gasteiger partial charge in [-0.25, -0.2) is 14.4 Å². The van der Waals surface area contributed by atoms with Crippen molar-refractivity contribution in [3.8, 4) is 0 Å². The van der Waals surface area contributed by atoms with Crippen LogP contribution in [0.25, 0.3) is 10.3 Å². The largest absolute Gasteiger partial charge is 0.396 e. The minimum absolute atomic E-state index is 0.286. The van der Waals surface area contributed by atoms with Crippen LogP contribution >= 0.6 is 11.3 Å². The second-order valence-corrected chi connectivity index (χ2v) is 5.53. The minimum atomic E-state index is -0.405. The van der Waals surface area contributed by atoms with Gasteiger partial charge in [0.25, 0.3) is 5.91 Å². The van der Waals surface area contributed by atoms with E-state index in [4.69, 9.17) is 5.73 Å². The average molecular weight is 302 g/mol. The number of carbonyl (C=O) groups excluding carboxylic acids is 1. The summed E-state index contributed by atoms with van der Waals surface area (Å²) in [6, 6.07) is 4.32. The molecule has 5 nitrogen and oxygen atoms in total. The fraction of sp³-hybridized carbons (Fsp3) is 0.0714. The van der Waals surface area contributed by atoms with Gasteiger partial charge in [0, 0.05) is 18.1 Å². The van der Waals surface area contributed by atoms with Gasteiger partial charge in [-0.1, -0.05) is 0 Å². The van der Waals surface area contributed by atoms with Crippen molar-refractivity contribution in [3.63, 3.8) is 0 Å². The molecule has 2 aromatic heterocycles. The molecule has 1 amide bonds. The van der Waals surface area contributed by atoms with Crippen molar-refractivity contribution in [1.82, 2.24) is 9.97 Å². The molecule has 0 radical (unpaired) electrons. The smallest absolute Gasteiger partial charge is 0.268 e. The Balaban J connectivity index is 1.95. The number of nitrogens with zero attached hydrogens (tertiary/aromatic N) is 2. The lowest BCUT2D eigenvalue weighted by atomic mass is 10.2. The van der Waals surface area contributed by atoms with Crippen LogP contribution < -0.4 is 11.1 Å². The Bertz CT molecular complexity index is 826. The summed E-state index contributed by atoms with van der Waals surface area (Å²) in [6.45, 7) is 1.75. The molecule has 3 N–H and O–H groups in total. The molecule has 2 heterocycles. The SMILES string of the molecule is Cc1cc(F)cc(NC(=O)c2sc3nccnc3c2N)c1. The molecule has 0 fully saturated rings. The van der Waals surface area contributed by atoms with E-state index in [9.17, 15) is 9.18 Å². The van der Waals surface area contributed by atoms with E-state index in [0.717, 1.165) is 16.9 Å². The monoisotopic (exact) mass is 302 g/mol. The molecule has 0 aliphatic rings. The van der Waals surface area contributed by atoms with Crippen LogP contribution in [0.3, 0.4) is 0 Å². The van der Waals surface area contributed by atoms with E-state index < -0.39 is 11.7 Å². The van der Waals surface area contributed by atoms with E-state index in [1.165, 1.54) is 24.5 Å². The molecule has 0 unspecified atom stereocenters. The summed E-state index contributed by atoms with van der Waals surface area (Å²) in [7, 11) is 0. The molecule has 21 heavy (non-hydrogen) atoms. The predicted molar refractivity (Wildman–Crippen MR) is 80.9 cm³/mol. The van der Waals surface area contributed by atoms with E-state index in [1.807, 2.05) is 0 Å². The topological polar surface area (TPSA) is 80.9 Å². The highest BCUT2D eigenvalue weighted by molar-refractivity contribution is 7.21. The molecular formula is C14H11FN4OS. The third-order valence-electron chi connectivity index (χ3n) is 2.87. The van der Waals surface area contributed by atoms with E-state index in [1.54, 1.807) is 13.0 Å². The Hall–Kier alpha value is -2.54. The van der Waals surface area contributed by atoms with Crippen molar-refractivity contribution in [2.24, 2.45) is 0 Å². The fourth-order valence-electron chi connectivity index (χ4n) is 2.01. The Labute approximate surface area is 123 Å². The number of fused-ring (bicyclic) bond motifs is 1. The summed E-state index contributed by atoms with van der Waals surface area (Å²) < 4.78 is 13.3. The number of benzene rings is 1. The summed E-state index contributed by atoms with van der Waals surface area (Å²) in [6.07, 6.45) is 3.05. The number of anilines is 2. The molecule has 3 aromatic rings. The summed E-state index contributed by atoms with van der Waals surface area (Å²) in [5.74, 6) is -0.805. The van der Waals surface area contributed by atoms with Crippen LogP contribution in [-0.4, -0.2) is 15.9 Å². The second-order valence-electron chi connectivity index (χ2n) is 4.53. The number of rotatable bonds is 2. The lowest BCUT2D eigenvalue weighted by Crippen LogP contribution is -2.12. The average Bonchev–Trinajstić information content (AvgIpc) is 2.76. The molecule has 3 rings (SSSR count). The van der Waals surface area contributed by atoms with Gasteiger partial charge < -0.3 is 11.1 Å². The van der Waals surface area contributed by atoms with Crippen LogP contribution in [0.2, 0.25) is 0 Å². The number of halogens is 1. The summed E-state index contributed by atoms with van der Waals surface area (Å²) >= 11 is 1.16. The van der Waals surface area contributed by atoms with Crippen molar-refractivity contribution in [3.05, 3.63) is 46.9 Å². The summed E-state index contributed by atoms with van der Waals surface area (Å²) in [5, 5.41) is 2.64. The second kappa shape index (κ2) is 5.10. The first kappa shape index (κ1) is 13.4. The third kappa shape index (κ3) is 2.55. The third-order valence-corrected chi connectivity index (χ3v) is 3.97. The van der Waals surface area contributed by atoms with Crippen molar-refractivity contribution in [2.75, 3.05) is 11.1 Å². The van der Waals surface area contributed by atoms with E-state index in [0.29, 0.717) is 20.9 Å². The molecule has 0 atom stereocenters. The van der Waals surface area contributed by atoms with Crippen LogP contribution in [0, 0.1) is 12.7 Å². The highest BCUT2D eigenvalue weighted by Gasteiger charge is 2.18. The van der Waals surface area contributed by atoms with Crippen LogP contribution in [0.4, 0.5) is 15.8 Å². The Morgan fingerprint density at radius 1 is 1.29 bits per heavy atom. The Kier molecular flexibility index (Phi) is 3.26. The first-order valence-electron chi connectivity index (χ1n) is 6.12. The number of aromatic nitrogens is 2. The van der Waals surface area contributed by atoms with Gasteiger partial charge in [0.1, 0.15) is 21.0 Å². The zero-order valence-corrected chi connectivity index (χ0v) is 11.9. The van der Waals surface area contributed by atoms with E-state index in [-0.39, 0.29) is 5.69 Å². The molecule has 7 heteroatoms. The van der Waals surface area contributed by atoms with Crippen LogP contribution in [0.15, 0.2) is 30.6 Å². The standard InChI is InChI=1S/C14H11FN4OS/c1-7-4-8(15)6-9(5-7)19-13(20)12-10(16)11-14(21-12)18-3-2-17-11/h2-6H,16H2,1H3,(H,19,20). The van der Waals surface area contributed by atoms with Gasteiger partial charge in [0.05, 0.1) is 5.69 Å². The van der Waals surface area contributed by atoms with Crippen molar-refractivity contribution in [2.45, 2.75) is 6.92 Å². The zero-order chi connectivity index (χ0) is 15.0. The maximum absolute atomic E-state index is 13.3. The fourth-order valence-corrected chi connectivity index (χ4v) is 2.93. The van der Waals surface area contributed by atoms with Crippen LogP contribution in [0.1, 0.15) is 15.2 Å². The summed E-state index contributed by atoms with van der Waals surface area (Å²) in [4.78, 5) is 21.4. The number of nitrogens with two attached hydrogens (primary N) is 1. The number of nitrogen functional groups attached to an aromatic ring is 1. The van der Waals surface area contributed by atoms with Crippen LogP contribution in [-0.2, 0) is 0 Å². The number of aryl methyl sites for hydroxylation is 1. The molecule has 0 spiro atoms. The molecule has 1 aromatic carbocycles.